The van der Waals surface area contributed by atoms with E-state index in [9.17, 15) is 29.1 Å². The number of phenols is 1. The zero-order valence-corrected chi connectivity index (χ0v) is 21.0. The third kappa shape index (κ3) is 3.86. The van der Waals surface area contributed by atoms with Crippen LogP contribution in [-0.2, 0) is 20.9 Å². The van der Waals surface area contributed by atoms with Crippen molar-refractivity contribution >= 4 is 46.9 Å². The number of ether oxygens (including phenoxy) is 1. The lowest BCUT2D eigenvalue weighted by Crippen LogP contribution is -2.41. The molecule has 1 aromatic heterocycles. The fraction of sp³-hybridized carbons (Fsp3) is 0.435. The number of carbonyl (C=O) groups is 4. The first kappa shape index (κ1) is 24.4. The summed E-state index contributed by atoms with van der Waals surface area (Å²) < 4.78 is 6.58. The summed E-state index contributed by atoms with van der Waals surface area (Å²) in [6, 6.07) is 3.35. The van der Waals surface area contributed by atoms with E-state index in [0.717, 1.165) is 42.4 Å². The molecule has 5 amide bonds. The van der Waals surface area contributed by atoms with Gasteiger partial charge in [-0.1, -0.05) is 29.2 Å². The topological polar surface area (TPSA) is 152 Å². The number of imide groups is 3. The minimum atomic E-state index is -1.16. The Morgan fingerprint density at radius 2 is 1.86 bits per heavy atom. The molecule has 3 N–H and O–H groups in total. The van der Waals surface area contributed by atoms with E-state index in [1.807, 2.05) is 0 Å². The number of methoxy groups -OCH3 is 1. The highest BCUT2D eigenvalue weighted by Gasteiger charge is 2.58. The minimum Gasteiger partial charge on any atom is -0.504 e. The predicted molar refractivity (Wildman–Crippen MR) is 130 cm³/mol. The summed E-state index contributed by atoms with van der Waals surface area (Å²) in [5.74, 6) is -3.43. The summed E-state index contributed by atoms with van der Waals surface area (Å²) >= 11 is 1.91. The van der Waals surface area contributed by atoms with E-state index >= 15 is 0 Å². The highest BCUT2D eigenvalue weighted by atomic mass is 32.2. The molecule has 0 saturated carbocycles. The first-order valence-electron chi connectivity index (χ1n) is 11.4. The van der Waals surface area contributed by atoms with Gasteiger partial charge in [-0.15, -0.1) is 0 Å². The molecule has 11 nitrogen and oxygen atoms in total. The number of aromatic nitrogens is 1. The lowest BCUT2D eigenvalue weighted by molar-refractivity contribution is -0.136. The number of amides is 5. The van der Waals surface area contributed by atoms with Crippen molar-refractivity contribution in [1.29, 1.82) is 0 Å². The molecule has 0 bridgehead atoms. The number of primary amides is 1. The van der Waals surface area contributed by atoms with E-state index in [4.69, 9.17) is 10.5 Å². The van der Waals surface area contributed by atoms with E-state index in [-0.39, 0.29) is 28.8 Å². The highest BCUT2D eigenvalue weighted by Crippen LogP contribution is 2.53. The average molecular weight is 533 g/mol. The number of aromatic hydroxyl groups is 1. The number of thioether (sulfide) groups is 1. The van der Waals surface area contributed by atoms with Crippen molar-refractivity contribution < 1.29 is 29.0 Å². The molecule has 2 fully saturated rings. The van der Waals surface area contributed by atoms with Crippen LogP contribution in [0.1, 0.15) is 35.6 Å². The van der Waals surface area contributed by atoms with Crippen molar-refractivity contribution in [2.24, 2.45) is 11.7 Å². The quantitative estimate of drug-likeness (QED) is 0.559. The summed E-state index contributed by atoms with van der Waals surface area (Å²) in [6.07, 6.45) is 2.87. The second-order valence-corrected chi connectivity index (χ2v) is 11.0. The number of hydrogen-bond acceptors (Lipinski definition) is 9. The maximum atomic E-state index is 13.3. The van der Waals surface area contributed by atoms with Gasteiger partial charge in [-0.05, 0) is 37.0 Å². The SMILES string of the molecule is COc1cc([C@@H]2c3sc(=O)n(CC(=O)N4CCCCC4)c3S[C@@H]3C(=O)N(C(N)=O)C(=O)[C@H]23)ccc1O. The Morgan fingerprint density at radius 1 is 1.14 bits per heavy atom. The van der Waals surface area contributed by atoms with Crippen LogP contribution in [-0.4, -0.2) is 68.7 Å². The molecule has 3 aliphatic heterocycles. The number of likely N-dealkylation sites (tertiary alicyclic amines) is 2. The number of piperidine rings is 1. The first-order chi connectivity index (χ1) is 17.2. The molecule has 5 rings (SSSR count). The summed E-state index contributed by atoms with van der Waals surface area (Å²) in [7, 11) is 1.38. The van der Waals surface area contributed by atoms with Gasteiger partial charge in [0.05, 0.1) is 18.1 Å². The summed E-state index contributed by atoms with van der Waals surface area (Å²) in [6.45, 7) is 1.09. The van der Waals surface area contributed by atoms with E-state index in [1.165, 1.54) is 23.8 Å². The van der Waals surface area contributed by atoms with E-state index in [0.29, 0.717) is 33.5 Å². The van der Waals surface area contributed by atoms with Crippen LogP contribution in [0.4, 0.5) is 4.79 Å². The van der Waals surface area contributed by atoms with Gasteiger partial charge in [0.25, 0.3) is 5.91 Å². The summed E-state index contributed by atoms with van der Waals surface area (Å²) in [4.78, 5) is 66.7. The Balaban J connectivity index is 1.62. The molecule has 2 aromatic rings. The van der Waals surface area contributed by atoms with Gasteiger partial charge in [0.1, 0.15) is 11.8 Å². The van der Waals surface area contributed by atoms with Crippen molar-refractivity contribution in [1.82, 2.24) is 14.4 Å². The van der Waals surface area contributed by atoms with Crippen LogP contribution in [0.15, 0.2) is 28.0 Å². The number of thiazole rings is 1. The van der Waals surface area contributed by atoms with Gasteiger partial charge < -0.3 is 20.5 Å². The summed E-state index contributed by atoms with van der Waals surface area (Å²) in [5, 5.41) is 9.49. The first-order valence-corrected chi connectivity index (χ1v) is 13.1. The van der Waals surface area contributed by atoms with Crippen LogP contribution in [0.3, 0.4) is 0 Å². The van der Waals surface area contributed by atoms with Gasteiger partial charge in [0.15, 0.2) is 11.5 Å². The molecule has 36 heavy (non-hydrogen) atoms. The number of hydrogen-bond donors (Lipinski definition) is 2. The molecule has 2 saturated heterocycles. The molecule has 190 valence electrons. The summed E-state index contributed by atoms with van der Waals surface area (Å²) in [5.41, 5.74) is 5.86. The predicted octanol–water partition coefficient (Wildman–Crippen LogP) is 1.31. The van der Waals surface area contributed by atoms with Gasteiger partial charge >= 0.3 is 10.9 Å². The molecule has 1 aromatic carbocycles. The number of benzene rings is 1. The van der Waals surface area contributed by atoms with E-state index in [1.54, 1.807) is 11.0 Å². The fourth-order valence-electron chi connectivity index (χ4n) is 5.10. The standard InChI is InChI=1S/C23H24N4O7S2/c1-34-13-9-11(5-6-12(13)28)15-16-17(20(31)27(19(16)30)22(24)32)35-21-18(15)36-23(33)26(21)10-14(29)25-7-3-2-4-8-25/h5-6,9,15-17,28H,2-4,7-8,10H2,1H3,(H2,24,32)/t15-,16+,17-/m0/s1. The van der Waals surface area contributed by atoms with Crippen molar-refractivity contribution in [2.45, 2.75) is 42.0 Å². The molecular formula is C23H24N4O7S2. The number of urea groups is 1. The van der Waals surface area contributed by atoms with Crippen LogP contribution >= 0.6 is 23.1 Å². The van der Waals surface area contributed by atoms with Crippen LogP contribution in [0.2, 0.25) is 0 Å². The Hall–Kier alpha value is -3.32. The molecule has 0 radical (unpaired) electrons. The largest absolute Gasteiger partial charge is 0.504 e. The molecule has 13 heteroatoms. The second kappa shape index (κ2) is 9.28. The van der Waals surface area contributed by atoms with Gasteiger partial charge in [-0.3, -0.25) is 23.7 Å². The third-order valence-electron chi connectivity index (χ3n) is 6.83. The molecule has 0 aliphatic carbocycles. The van der Waals surface area contributed by atoms with E-state index in [2.05, 4.69) is 0 Å². The Kier molecular flexibility index (Phi) is 6.29. The minimum absolute atomic E-state index is 0.117. The lowest BCUT2D eigenvalue weighted by Gasteiger charge is -2.31. The highest BCUT2D eigenvalue weighted by molar-refractivity contribution is 8.00. The average Bonchev–Trinajstić information content (AvgIpc) is 3.31. The molecule has 0 spiro atoms. The Bertz CT molecular complexity index is 1330. The van der Waals surface area contributed by atoms with Crippen LogP contribution < -0.4 is 15.3 Å². The zero-order chi connectivity index (χ0) is 25.7. The molecule has 0 unspecified atom stereocenters. The number of nitrogens with two attached hydrogens (primary N) is 1. The van der Waals surface area contributed by atoms with Gasteiger partial charge in [0, 0.05) is 23.9 Å². The van der Waals surface area contributed by atoms with Crippen molar-refractivity contribution in [2.75, 3.05) is 20.2 Å². The smallest absolute Gasteiger partial charge is 0.328 e. The molecule has 3 atom stereocenters. The maximum Gasteiger partial charge on any atom is 0.328 e. The number of phenolic OH excluding ortho intramolecular Hbond substituents is 1. The van der Waals surface area contributed by atoms with Crippen LogP contribution in [0.5, 0.6) is 11.5 Å². The Labute approximate surface area is 213 Å². The second-order valence-electron chi connectivity index (χ2n) is 8.89. The van der Waals surface area contributed by atoms with Gasteiger partial charge in [-0.25, -0.2) is 4.79 Å². The third-order valence-corrected chi connectivity index (χ3v) is 9.44. The van der Waals surface area contributed by atoms with Gasteiger partial charge in [0.2, 0.25) is 11.8 Å². The van der Waals surface area contributed by atoms with Crippen molar-refractivity contribution in [3.8, 4) is 11.5 Å². The number of carbonyl (C=O) groups excluding carboxylic acids is 4. The van der Waals surface area contributed by atoms with Crippen LogP contribution in [0.25, 0.3) is 0 Å². The van der Waals surface area contributed by atoms with Gasteiger partial charge in [-0.2, -0.15) is 4.90 Å². The van der Waals surface area contributed by atoms with E-state index < -0.39 is 34.9 Å². The maximum absolute atomic E-state index is 13.3. The normalized spacial score (nSPS) is 23.4. The number of fused-ring (bicyclic) bond motifs is 2. The number of nitrogens with zero attached hydrogens (tertiary/aromatic N) is 3. The van der Waals surface area contributed by atoms with Crippen LogP contribution in [0, 0.1) is 5.92 Å². The lowest BCUT2D eigenvalue weighted by atomic mass is 9.83. The molecule has 3 aliphatic rings. The van der Waals surface area contributed by atoms with Crippen molar-refractivity contribution in [3.05, 3.63) is 38.3 Å². The molecular weight excluding hydrogens is 508 g/mol. The van der Waals surface area contributed by atoms with Crippen molar-refractivity contribution in [3.63, 3.8) is 0 Å². The molecule has 4 heterocycles. The Morgan fingerprint density at radius 3 is 2.53 bits per heavy atom. The number of rotatable bonds is 4. The monoisotopic (exact) mass is 532 g/mol. The fourth-order valence-corrected chi connectivity index (χ4v) is 7.87. The zero-order valence-electron chi connectivity index (χ0n) is 19.3.